The summed E-state index contributed by atoms with van der Waals surface area (Å²) in [4.78, 5) is 14.8. The summed E-state index contributed by atoms with van der Waals surface area (Å²) in [6, 6.07) is 12.6. The van der Waals surface area contributed by atoms with Crippen LogP contribution in [0.3, 0.4) is 0 Å². The van der Waals surface area contributed by atoms with Crippen molar-refractivity contribution in [1.82, 2.24) is 19.9 Å². The maximum atomic E-state index is 13.8. The number of amides is 1. The molecule has 0 bridgehead atoms. The highest BCUT2D eigenvalue weighted by atomic mass is 19.1. The maximum absolute atomic E-state index is 13.8. The highest BCUT2D eigenvalue weighted by molar-refractivity contribution is 5.92. The Hall–Kier alpha value is -3.09. The van der Waals surface area contributed by atoms with E-state index in [1.807, 2.05) is 0 Å². The van der Waals surface area contributed by atoms with E-state index in [9.17, 15) is 13.6 Å². The Morgan fingerprint density at radius 2 is 1.86 bits per heavy atom. The van der Waals surface area contributed by atoms with E-state index >= 15 is 0 Å². The first kappa shape index (κ1) is 18.3. The second-order valence-corrected chi connectivity index (χ2v) is 6.95. The average molecular weight is 382 g/mol. The standard InChI is InChI=1S/C21H20F2N4O/c22-17-10-8-15(9-11-17)20-7-3-4-12-27(20)21(28)19-14-26(25-24-19)13-16-5-1-2-6-18(16)23/h1-2,5-6,8-11,14,20H,3-4,7,12-13H2. The van der Waals surface area contributed by atoms with Crippen molar-refractivity contribution in [2.24, 2.45) is 0 Å². The average Bonchev–Trinajstić information content (AvgIpc) is 3.18. The summed E-state index contributed by atoms with van der Waals surface area (Å²) >= 11 is 0. The number of benzene rings is 2. The summed E-state index contributed by atoms with van der Waals surface area (Å²) in [5.41, 5.74) is 1.62. The summed E-state index contributed by atoms with van der Waals surface area (Å²) in [5, 5.41) is 7.98. The van der Waals surface area contributed by atoms with Crippen molar-refractivity contribution in [3.63, 3.8) is 0 Å². The van der Waals surface area contributed by atoms with E-state index in [2.05, 4.69) is 10.3 Å². The Kier molecular flexibility index (Phi) is 5.14. The van der Waals surface area contributed by atoms with Crippen molar-refractivity contribution in [1.29, 1.82) is 0 Å². The lowest BCUT2D eigenvalue weighted by atomic mass is 9.95. The van der Waals surface area contributed by atoms with Crippen molar-refractivity contribution in [2.75, 3.05) is 6.54 Å². The molecule has 1 unspecified atom stereocenters. The van der Waals surface area contributed by atoms with Gasteiger partial charge in [-0.15, -0.1) is 5.10 Å². The maximum Gasteiger partial charge on any atom is 0.276 e. The molecule has 28 heavy (non-hydrogen) atoms. The van der Waals surface area contributed by atoms with Crippen LogP contribution in [0.5, 0.6) is 0 Å². The third-order valence-electron chi connectivity index (χ3n) is 5.07. The molecule has 1 amide bonds. The molecule has 0 aliphatic carbocycles. The van der Waals surface area contributed by atoms with Crippen LogP contribution < -0.4 is 0 Å². The molecular weight excluding hydrogens is 362 g/mol. The van der Waals surface area contributed by atoms with Crippen LogP contribution in [0.2, 0.25) is 0 Å². The normalized spacial score (nSPS) is 16.9. The molecule has 3 aromatic rings. The van der Waals surface area contributed by atoms with Crippen LogP contribution in [0.15, 0.2) is 54.7 Å². The van der Waals surface area contributed by atoms with Gasteiger partial charge in [-0.2, -0.15) is 0 Å². The van der Waals surface area contributed by atoms with Crippen molar-refractivity contribution in [3.8, 4) is 0 Å². The third-order valence-corrected chi connectivity index (χ3v) is 5.07. The molecular formula is C21H20F2N4O. The molecule has 0 spiro atoms. The smallest absolute Gasteiger partial charge is 0.276 e. The predicted molar refractivity (Wildman–Crippen MR) is 99.6 cm³/mol. The van der Waals surface area contributed by atoms with Crippen molar-refractivity contribution < 1.29 is 13.6 Å². The largest absolute Gasteiger partial charge is 0.330 e. The Labute approximate surface area is 161 Å². The molecule has 0 N–H and O–H groups in total. The van der Waals surface area contributed by atoms with Gasteiger partial charge in [0.05, 0.1) is 18.8 Å². The van der Waals surface area contributed by atoms with Gasteiger partial charge in [0, 0.05) is 12.1 Å². The molecule has 0 saturated carbocycles. The first-order valence-corrected chi connectivity index (χ1v) is 9.32. The number of halogens is 2. The van der Waals surface area contributed by atoms with Crippen LogP contribution >= 0.6 is 0 Å². The Morgan fingerprint density at radius 1 is 1.07 bits per heavy atom. The van der Waals surface area contributed by atoms with Gasteiger partial charge < -0.3 is 4.90 Å². The summed E-state index contributed by atoms with van der Waals surface area (Å²) in [5.74, 6) is -0.833. The molecule has 2 aromatic carbocycles. The van der Waals surface area contributed by atoms with E-state index < -0.39 is 0 Å². The summed E-state index contributed by atoms with van der Waals surface area (Å²) in [6.45, 7) is 0.815. The topological polar surface area (TPSA) is 51.0 Å². The van der Waals surface area contributed by atoms with E-state index in [1.165, 1.54) is 22.9 Å². The lowest BCUT2D eigenvalue weighted by Gasteiger charge is -2.35. The van der Waals surface area contributed by atoms with Gasteiger partial charge in [0.15, 0.2) is 5.69 Å². The number of carbonyl (C=O) groups is 1. The number of likely N-dealkylation sites (tertiary alicyclic amines) is 1. The van der Waals surface area contributed by atoms with Gasteiger partial charge in [-0.05, 0) is 43.0 Å². The minimum absolute atomic E-state index is 0.112. The van der Waals surface area contributed by atoms with Gasteiger partial charge in [-0.25, -0.2) is 13.5 Å². The molecule has 2 heterocycles. The van der Waals surface area contributed by atoms with Gasteiger partial charge in [0.1, 0.15) is 11.6 Å². The molecule has 4 rings (SSSR count). The van der Waals surface area contributed by atoms with Crippen LogP contribution in [0.4, 0.5) is 8.78 Å². The fourth-order valence-electron chi connectivity index (χ4n) is 3.63. The van der Waals surface area contributed by atoms with Crippen molar-refractivity contribution >= 4 is 5.91 Å². The van der Waals surface area contributed by atoms with Crippen LogP contribution in [0, 0.1) is 11.6 Å². The zero-order valence-electron chi connectivity index (χ0n) is 15.3. The number of rotatable bonds is 4. The monoisotopic (exact) mass is 382 g/mol. The van der Waals surface area contributed by atoms with E-state index in [0.717, 1.165) is 24.8 Å². The quantitative estimate of drug-likeness (QED) is 0.686. The van der Waals surface area contributed by atoms with Crippen LogP contribution in [-0.4, -0.2) is 32.3 Å². The molecule has 144 valence electrons. The van der Waals surface area contributed by atoms with Gasteiger partial charge in [0.2, 0.25) is 0 Å². The fraction of sp³-hybridized carbons (Fsp3) is 0.286. The molecule has 5 nitrogen and oxygen atoms in total. The van der Waals surface area contributed by atoms with Crippen LogP contribution in [-0.2, 0) is 6.54 Å². The molecule has 1 aliphatic rings. The lowest BCUT2D eigenvalue weighted by Crippen LogP contribution is -2.38. The first-order chi connectivity index (χ1) is 13.6. The summed E-state index contributed by atoms with van der Waals surface area (Å²) in [7, 11) is 0. The third kappa shape index (κ3) is 3.78. The molecule has 1 aromatic heterocycles. The van der Waals surface area contributed by atoms with E-state index in [-0.39, 0.29) is 35.8 Å². The Balaban J connectivity index is 1.53. The number of nitrogens with zero attached hydrogens (tertiary/aromatic N) is 4. The van der Waals surface area contributed by atoms with Gasteiger partial charge in [0.25, 0.3) is 5.91 Å². The molecule has 1 atom stereocenters. The predicted octanol–water partition coefficient (Wildman–Crippen LogP) is 3.97. The zero-order chi connectivity index (χ0) is 19.5. The SMILES string of the molecule is O=C(c1cn(Cc2ccccc2F)nn1)N1CCCCC1c1ccc(F)cc1. The minimum atomic E-state index is -0.321. The molecule has 1 aliphatic heterocycles. The fourth-order valence-corrected chi connectivity index (χ4v) is 3.63. The second kappa shape index (κ2) is 7.88. The number of aromatic nitrogens is 3. The van der Waals surface area contributed by atoms with Crippen LogP contribution in [0.25, 0.3) is 0 Å². The van der Waals surface area contributed by atoms with E-state index in [1.54, 1.807) is 41.4 Å². The Morgan fingerprint density at radius 3 is 2.64 bits per heavy atom. The highest BCUT2D eigenvalue weighted by Gasteiger charge is 2.30. The number of hydrogen-bond donors (Lipinski definition) is 0. The molecule has 7 heteroatoms. The van der Waals surface area contributed by atoms with E-state index in [4.69, 9.17) is 0 Å². The van der Waals surface area contributed by atoms with Gasteiger partial charge in [-0.3, -0.25) is 4.79 Å². The first-order valence-electron chi connectivity index (χ1n) is 9.32. The summed E-state index contributed by atoms with van der Waals surface area (Å²) < 4.78 is 28.6. The zero-order valence-corrected chi connectivity index (χ0v) is 15.3. The minimum Gasteiger partial charge on any atom is -0.330 e. The van der Waals surface area contributed by atoms with Gasteiger partial charge in [-0.1, -0.05) is 35.5 Å². The molecule has 0 radical (unpaired) electrons. The van der Waals surface area contributed by atoms with E-state index in [0.29, 0.717) is 12.1 Å². The molecule has 1 fully saturated rings. The lowest BCUT2D eigenvalue weighted by molar-refractivity contribution is 0.0605. The second-order valence-electron chi connectivity index (χ2n) is 6.95. The number of carbonyl (C=O) groups excluding carboxylic acids is 1. The summed E-state index contributed by atoms with van der Waals surface area (Å²) in [6.07, 6.45) is 4.28. The number of piperidine rings is 1. The van der Waals surface area contributed by atoms with Gasteiger partial charge >= 0.3 is 0 Å². The molecule has 1 saturated heterocycles. The number of hydrogen-bond acceptors (Lipinski definition) is 3. The highest BCUT2D eigenvalue weighted by Crippen LogP contribution is 2.32. The van der Waals surface area contributed by atoms with Crippen LogP contribution in [0.1, 0.15) is 46.9 Å². The van der Waals surface area contributed by atoms with Crippen molar-refractivity contribution in [3.05, 3.63) is 83.2 Å². The van der Waals surface area contributed by atoms with Crippen molar-refractivity contribution in [2.45, 2.75) is 31.8 Å². The Bertz CT molecular complexity index is 971.